The van der Waals surface area contributed by atoms with Crippen LogP contribution >= 0.6 is 11.6 Å². The normalized spacial score (nSPS) is 10.5. The van der Waals surface area contributed by atoms with Crippen LogP contribution in [0.5, 0.6) is 11.5 Å². The van der Waals surface area contributed by atoms with Gasteiger partial charge in [-0.15, -0.1) is 0 Å². The first-order valence-corrected chi connectivity index (χ1v) is 8.10. The number of anilines is 1. The summed E-state index contributed by atoms with van der Waals surface area (Å²) in [6.45, 7) is 0. The highest BCUT2D eigenvalue weighted by Crippen LogP contribution is 2.19. The summed E-state index contributed by atoms with van der Waals surface area (Å²) in [6, 6.07) is 11.3. The number of halogens is 1. The Morgan fingerprint density at radius 1 is 1.15 bits per heavy atom. The topological polar surface area (TPSA) is 100 Å². The predicted molar refractivity (Wildman–Crippen MR) is 99.7 cm³/mol. The summed E-state index contributed by atoms with van der Waals surface area (Å²) >= 11 is 5.81. The van der Waals surface area contributed by atoms with E-state index in [2.05, 4.69) is 15.8 Å². The summed E-state index contributed by atoms with van der Waals surface area (Å²) < 4.78 is 5.03. The first-order chi connectivity index (χ1) is 12.5. The minimum Gasteiger partial charge on any atom is -0.507 e. The summed E-state index contributed by atoms with van der Waals surface area (Å²) in [5.74, 6) is -0.0355. The van der Waals surface area contributed by atoms with Crippen molar-refractivity contribution in [2.45, 2.75) is 12.8 Å². The minimum absolute atomic E-state index is 0.00808. The number of hydrogen-bond acceptors (Lipinski definition) is 5. The summed E-state index contributed by atoms with van der Waals surface area (Å²) in [4.78, 5) is 23.6. The van der Waals surface area contributed by atoms with Gasteiger partial charge in [0.25, 0.3) is 0 Å². The minimum atomic E-state index is -0.423. The Kier molecular flexibility index (Phi) is 6.99. The fraction of sp³-hybridized carbons (Fsp3) is 0.167. The van der Waals surface area contributed by atoms with Gasteiger partial charge in [0.15, 0.2) is 0 Å². The molecule has 26 heavy (non-hydrogen) atoms. The van der Waals surface area contributed by atoms with Crippen molar-refractivity contribution >= 4 is 35.3 Å². The fourth-order valence-corrected chi connectivity index (χ4v) is 2.16. The molecule has 0 aromatic heterocycles. The number of benzene rings is 2. The molecule has 2 rings (SSSR count). The number of rotatable bonds is 7. The average Bonchev–Trinajstić information content (AvgIpc) is 2.63. The molecule has 0 aliphatic rings. The van der Waals surface area contributed by atoms with E-state index < -0.39 is 5.91 Å². The number of hydrogen-bond donors (Lipinski definition) is 3. The Morgan fingerprint density at radius 3 is 2.54 bits per heavy atom. The second kappa shape index (κ2) is 9.43. The van der Waals surface area contributed by atoms with E-state index in [9.17, 15) is 14.7 Å². The molecule has 0 saturated carbocycles. The molecule has 0 atom stereocenters. The van der Waals surface area contributed by atoms with Gasteiger partial charge in [-0.1, -0.05) is 11.6 Å². The van der Waals surface area contributed by atoms with E-state index in [0.717, 1.165) is 0 Å². The van der Waals surface area contributed by atoms with Gasteiger partial charge in [0, 0.05) is 29.1 Å². The van der Waals surface area contributed by atoms with E-state index in [-0.39, 0.29) is 24.5 Å². The van der Waals surface area contributed by atoms with Crippen LogP contribution < -0.4 is 15.5 Å². The summed E-state index contributed by atoms with van der Waals surface area (Å²) in [7, 11) is 1.56. The largest absolute Gasteiger partial charge is 0.507 e. The molecular weight excluding hydrogens is 358 g/mol. The van der Waals surface area contributed by atoms with Gasteiger partial charge in [0.2, 0.25) is 11.8 Å². The quantitative estimate of drug-likeness (QED) is 0.511. The Balaban J connectivity index is 1.76. The van der Waals surface area contributed by atoms with Crippen molar-refractivity contribution in [3.05, 3.63) is 53.1 Å². The van der Waals surface area contributed by atoms with Crippen molar-refractivity contribution in [1.29, 1.82) is 0 Å². The Labute approximate surface area is 155 Å². The molecule has 2 aromatic rings. The summed E-state index contributed by atoms with van der Waals surface area (Å²) in [5, 5.41) is 16.5. The number of ether oxygens (including phenoxy) is 1. The SMILES string of the molecule is COc1ccc(NC(=O)CCC(=O)N/N=C/c2cc(Cl)ccc2O)cc1. The van der Waals surface area contributed by atoms with Crippen molar-refractivity contribution in [1.82, 2.24) is 5.43 Å². The highest BCUT2D eigenvalue weighted by Gasteiger charge is 2.07. The molecule has 7 nitrogen and oxygen atoms in total. The zero-order chi connectivity index (χ0) is 18.9. The maximum absolute atomic E-state index is 11.8. The van der Waals surface area contributed by atoms with Crippen LogP contribution in [-0.4, -0.2) is 30.2 Å². The lowest BCUT2D eigenvalue weighted by Crippen LogP contribution is -2.20. The standard InChI is InChI=1S/C18H18ClN3O4/c1-26-15-5-3-14(4-6-15)21-17(24)8-9-18(25)22-20-11-12-10-13(19)2-7-16(12)23/h2-7,10-11,23H,8-9H2,1H3,(H,21,24)(H,22,25)/b20-11+. The molecule has 0 bridgehead atoms. The zero-order valence-electron chi connectivity index (χ0n) is 14.0. The third kappa shape index (κ3) is 6.10. The lowest BCUT2D eigenvalue weighted by molar-refractivity contribution is -0.124. The van der Waals surface area contributed by atoms with Crippen LogP contribution in [0.25, 0.3) is 0 Å². The number of carbonyl (C=O) groups excluding carboxylic acids is 2. The van der Waals surface area contributed by atoms with Crippen molar-refractivity contribution in [2.24, 2.45) is 5.10 Å². The predicted octanol–water partition coefficient (Wildman–Crippen LogP) is 2.92. The number of methoxy groups -OCH3 is 1. The van der Waals surface area contributed by atoms with E-state index in [1.165, 1.54) is 24.4 Å². The number of phenolic OH excluding ortho intramolecular Hbond substituents is 1. The van der Waals surface area contributed by atoms with Gasteiger partial charge in [-0.2, -0.15) is 5.10 Å². The van der Waals surface area contributed by atoms with Crippen LogP contribution in [0.2, 0.25) is 5.02 Å². The van der Waals surface area contributed by atoms with E-state index in [0.29, 0.717) is 22.0 Å². The zero-order valence-corrected chi connectivity index (χ0v) is 14.8. The van der Waals surface area contributed by atoms with Crippen LogP contribution in [-0.2, 0) is 9.59 Å². The average molecular weight is 376 g/mol. The smallest absolute Gasteiger partial charge is 0.240 e. The van der Waals surface area contributed by atoms with Crippen LogP contribution in [0.3, 0.4) is 0 Å². The van der Waals surface area contributed by atoms with E-state index in [1.54, 1.807) is 31.4 Å². The first-order valence-electron chi connectivity index (χ1n) is 7.72. The molecule has 0 aliphatic heterocycles. The molecule has 3 N–H and O–H groups in total. The van der Waals surface area contributed by atoms with Crippen molar-refractivity contribution in [3.8, 4) is 11.5 Å². The maximum atomic E-state index is 11.8. The fourth-order valence-electron chi connectivity index (χ4n) is 1.98. The molecule has 0 fully saturated rings. The van der Waals surface area contributed by atoms with Crippen LogP contribution in [0.4, 0.5) is 5.69 Å². The lowest BCUT2D eigenvalue weighted by Gasteiger charge is -2.06. The molecule has 0 radical (unpaired) electrons. The number of aromatic hydroxyl groups is 1. The number of nitrogens with one attached hydrogen (secondary N) is 2. The maximum Gasteiger partial charge on any atom is 0.240 e. The molecule has 0 saturated heterocycles. The monoisotopic (exact) mass is 375 g/mol. The summed E-state index contributed by atoms with van der Waals surface area (Å²) in [5.41, 5.74) is 3.28. The Morgan fingerprint density at radius 2 is 1.85 bits per heavy atom. The Hall–Kier alpha value is -3.06. The van der Waals surface area contributed by atoms with Crippen molar-refractivity contribution in [3.63, 3.8) is 0 Å². The molecule has 8 heteroatoms. The second-order valence-corrected chi connectivity index (χ2v) is 5.71. The van der Waals surface area contributed by atoms with Crippen LogP contribution in [0.15, 0.2) is 47.6 Å². The molecular formula is C18H18ClN3O4. The van der Waals surface area contributed by atoms with Gasteiger partial charge in [0.05, 0.1) is 13.3 Å². The first kappa shape index (κ1) is 19.3. The van der Waals surface area contributed by atoms with Crippen molar-refractivity contribution < 1.29 is 19.4 Å². The number of carbonyl (C=O) groups is 2. The molecule has 2 aromatic carbocycles. The van der Waals surface area contributed by atoms with Gasteiger partial charge < -0.3 is 15.2 Å². The van der Waals surface area contributed by atoms with Crippen molar-refractivity contribution in [2.75, 3.05) is 12.4 Å². The molecule has 2 amide bonds. The molecule has 0 unspecified atom stereocenters. The van der Waals surface area contributed by atoms with E-state index in [1.807, 2.05) is 0 Å². The van der Waals surface area contributed by atoms with E-state index in [4.69, 9.17) is 16.3 Å². The number of hydrazone groups is 1. The lowest BCUT2D eigenvalue weighted by atomic mass is 10.2. The summed E-state index contributed by atoms with van der Waals surface area (Å²) in [6.07, 6.45) is 1.26. The van der Waals surface area contributed by atoms with Gasteiger partial charge >= 0.3 is 0 Å². The number of nitrogens with zero attached hydrogens (tertiary/aromatic N) is 1. The van der Waals surface area contributed by atoms with E-state index >= 15 is 0 Å². The number of phenols is 1. The van der Waals surface area contributed by atoms with Gasteiger partial charge in [-0.25, -0.2) is 5.43 Å². The molecule has 136 valence electrons. The number of amides is 2. The third-order valence-corrected chi connectivity index (χ3v) is 3.57. The van der Waals surface area contributed by atoms with Gasteiger partial charge in [0.1, 0.15) is 11.5 Å². The third-order valence-electron chi connectivity index (χ3n) is 3.34. The molecule has 0 spiro atoms. The second-order valence-electron chi connectivity index (χ2n) is 5.27. The highest BCUT2D eigenvalue weighted by atomic mass is 35.5. The van der Waals surface area contributed by atoms with Crippen LogP contribution in [0.1, 0.15) is 18.4 Å². The molecule has 0 aliphatic carbocycles. The Bertz CT molecular complexity index is 807. The highest BCUT2D eigenvalue weighted by molar-refractivity contribution is 6.30. The van der Waals surface area contributed by atoms with Gasteiger partial charge in [-0.05, 0) is 42.5 Å². The van der Waals surface area contributed by atoms with Gasteiger partial charge in [-0.3, -0.25) is 9.59 Å². The van der Waals surface area contributed by atoms with Crippen LogP contribution in [0, 0.1) is 0 Å². The molecule has 0 heterocycles.